The zero-order chi connectivity index (χ0) is 35.5. The molecule has 0 spiro atoms. The van der Waals surface area contributed by atoms with Crippen LogP contribution in [0.4, 0.5) is 0 Å². The van der Waals surface area contributed by atoms with Gasteiger partial charge in [-0.2, -0.15) is 0 Å². The van der Waals surface area contributed by atoms with E-state index < -0.39 is 24.0 Å². The van der Waals surface area contributed by atoms with Gasteiger partial charge in [0.1, 0.15) is 0 Å². The van der Waals surface area contributed by atoms with Gasteiger partial charge in [0.25, 0.3) is 0 Å². The summed E-state index contributed by atoms with van der Waals surface area (Å²) in [5.74, 6) is -0.122. The molecule has 6 nitrogen and oxygen atoms in total. The van der Waals surface area contributed by atoms with Crippen molar-refractivity contribution in [2.75, 3.05) is 13.2 Å². The summed E-state index contributed by atoms with van der Waals surface area (Å²) in [5.41, 5.74) is 0. The topological polar surface area (TPSA) is 78.9 Å². The van der Waals surface area contributed by atoms with Crippen molar-refractivity contribution < 1.29 is 28.6 Å². The average molecular weight is 681 g/mol. The van der Waals surface area contributed by atoms with Gasteiger partial charge in [-0.3, -0.25) is 9.59 Å². The summed E-state index contributed by atoms with van der Waals surface area (Å²) in [6.45, 7) is 11.1. The Labute approximate surface area is 298 Å². The monoisotopic (exact) mass is 681 g/mol. The lowest BCUT2D eigenvalue weighted by molar-refractivity contribution is -0.171. The zero-order valence-corrected chi connectivity index (χ0v) is 32.6. The standard InChI is InChI=1S/C42H80O6/c1-37(2)32-28-24-20-16-12-8-6-10-14-18-22-26-30-34-46-41(44)36-40(48-39(5)43)42(45)47-35-31-27-23-19-15-11-7-9-13-17-21-25-29-33-38(3)4/h37-38,40H,6-36H2,1-5H3. The first-order valence-corrected chi connectivity index (χ1v) is 20.7. The van der Waals surface area contributed by atoms with Crippen LogP contribution in [-0.2, 0) is 28.6 Å². The highest BCUT2D eigenvalue weighted by molar-refractivity contribution is 5.84. The lowest BCUT2D eigenvalue weighted by Crippen LogP contribution is -2.31. The van der Waals surface area contributed by atoms with Crippen molar-refractivity contribution in [1.82, 2.24) is 0 Å². The van der Waals surface area contributed by atoms with Crippen LogP contribution in [0.15, 0.2) is 0 Å². The van der Waals surface area contributed by atoms with Crippen molar-refractivity contribution in [3.63, 3.8) is 0 Å². The van der Waals surface area contributed by atoms with E-state index in [-0.39, 0.29) is 13.0 Å². The third-order valence-corrected chi connectivity index (χ3v) is 9.28. The molecule has 0 aromatic heterocycles. The Hall–Kier alpha value is -1.59. The van der Waals surface area contributed by atoms with Crippen molar-refractivity contribution in [2.45, 2.75) is 227 Å². The minimum Gasteiger partial charge on any atom is -0.466 e. The van der Waals surface area contributed by atoms with E-state index in [1.54, 1.807) is 0 Å². The summed E-state index contributed by atoms with van der Waals surface area (Å²) in [6, 6.07) is 0. The van der Waals surface area contributed by atoms with Gasteiger partial charge in [0.2, 0.25) is 6.10 Å². The quantitative estimate of drug-likeness (QED) is 0.0372. The maximum absolute atomic E-state index is 12.5. The molecular weight excluding hydrogens is 600 g/mol. The lowest BCUT2D eigenvalue weighted by Gasteiger charge is -2.15. The Morgan fingerprint density at radius 3 is 1.02 bits per heavy atom. The van der Waals surface area contributed by atoms with Crippen LogP contribution in [-0.4, -0.2) is 37.2 Å². The Morgan fingerprint density at radius 2 is 0.708 bits per heavy atom. The fourth-order valence-electron chi connectivity index (χ4n) is 6.23. The van der Waals surface area contributed by atoms with Gasteiger partial charge in [0, 0.05) is 6.92 Å². The molecule has 284 valence electrons. The van der Waals surface area contributed by atoms with E-state index in [9.17, 15) is 14.4 Å². The normalized spacial score (nSPS) is 12.1. The van der Waals surface area contributed by atoms with Crippen LogP contribution in [0.3, 0.4) is 0 Å². The maximum atomic E-state index is 12.5. The van der Waals surface area contributed by atoms with Gasteiger partial charge in [-0.15, -0.1) is 0 Å². The molecule has 0 heterocycles. The van der Waals surface area contributed by atoms with Crippen molar-refractivity contribution >= 4 is 17.9 Å². The van der Waals surface area contributed by atoms with Crippen molar-refractivity contribution in [3.05, 3.63) is 0 Å². The molecule has 0 aromatic carbocycles. The van der Waals surface area contributed by atoms with Crippen molar-refractivity contribution in [1.29, 1.82) is 0 Å². The molecule has 1 unspecified atom stereocenters. The first kappa shape index (κ1) is 46.4. The average Bonchev–Trinajstić information content (AvgIpc) is 3.03. The molecular formula is C42H80O6. The molecule has 0 amide bonds. The molecule has 0 aromatic rings. The van der Waals surface area contributed by atoms with E-state index in [1.165, 1.54) is 148 Å². The molecule has 0 rings (SSSR count). The smallest absolute Gasteiger partial charge is 0.348 e. The fourth-order valence-corrected chi connectivity index (χ4v) is 6.23. The highest BCUT2D eigenvalue weighted by Crippen LogP contribution is 2.16. The Balaban J connectivity index is 3.71. The van der Waals surface area contributed by atoms with Crippen LogP contribution in [0.2, 0.25) is 0 Å². The summed E-state index contributed by atoms with van der Waals surface area (Å²) in [6.07, 6.45) is 34.0. The van der Waals surface area contributed by atoms with E-state index >= 15 is 0 Å². The number of hydrogen-bond donors (Lipinski definition) is 0. The molecule has 48 heavy (non-hydrogen) atoms. The number of carbonyl (C=O) groups is 3. The van der Waals surface area contributed by atoms with Gasteiger partial charge in [0.05, 0.1) is 19.6 Å². The van der Waals surface area contributed by atoms with Crippen LogP contribution < -0.4 is 0 Å². The summed E-state index contributed by atoms with van der Waals surface area (Å²) in [7, 11) is 0. The number of hydrogen-bond acceptors (Lipinski definition) is 6. The van der Waals surface area contributed by atoms with Gasteiger partial charge in [-0.25, -0.2) is 4.79 Å². The minimum absolute atomic E-state index is 0.279. The predicted octanol–water partition coefficient (Wildman–Crippen LogP) is 12.6. The maximum Gasteiger partial charge on any atom is 0.348 e. The molecule has 0 aliphatic heterocycles. The highest BCUT2D eigenvalue weighted by atomic mass is 16.6. The third kappa shape index (κ3) is 35.7. The van der Waals surface area contributed by atoms with Gasteiger partial charge in [0.15, 0.2) is 0 Å². The van der Waals surface area contributed by atoms with Crippen molar-refractivity contribution in [2.24, 2.45) is 11.8 Å². The van der Waals surface area contributed by atoms with E-state index in [4.69, 9.17) is 14.2 Å². The summed E-state index contributed by atoms with van der Waals surface area (Å²) in [4.78, 5) is 36.3. The van der Waals surface area contributed by atoms with Gasteiger partial charge in [-0.05, 0) is 24.7 Å². The molecule has 1 atom stereocenters. The Bertz CT molecular complexity index is 734. The molecule has 6 heteroatoms. The Kier molecular flexibility index (Phi) is 34.1. The number of esters is 3. The molecule has 0 fully saturated rings. The Morgan fingerprint density at radius 1 is 0.417 bits per heavy atom. The number of carbonyl (C=O) groups excluding carboxylic acids is 3. The SMILES string of the molecule is CC(=O)OC(CC(=O)OCCCCCCCCCCCCCCCC(C)C)C(=O)OCCCCCCCCCCCCCCCC(C)C. The van der Waals surface area contributed by atoms with E-state index in [0.29, 0.717) is 6.61 Å². The predicted molar refractivity (Wildman–Crippen MR) is 201 cm³/mol. The first-order valence-electron chi connectivity index (χ1n) is 20.7. The number of rotatable bonds is 36. The van der Waals surface area contributed by atoms with Gasteiger partial charge >= 0.3 is 17.9 Å². The first-order chi connectivity index (χ1) is 23.2. The van der Waals surface area contributed by atoms with Gasteiger partial charge in [-0.1, -0.05) is 195 Å². The second-order valence-corrected chi connectivity index (χ2v) is 15.2. The summed E-state index contributed by atoms with van der Waals surface area (Å²) < 4.78 is 15.7. The minimum atomic E-state index is -1.24. The molecule has 0 aliphatic rings. The molecule has 0 aliphatic carbocycles. The van der Waals surface area contributed by atoms with E-state index in [0.717, 1.165) is 50.4 Å². The second-order valence-electron chi connectivity index (χ2n) is 15.2. The van der Waals surface area contributed by atoms with Gasteiger partial charge < -0.3 is 14.2 Å². The largest absolute Gasteiger partial charge is 0.466 e. The molecule has 0 bridgehead atoms. The molecule has 0 saturated carbocycles. The van der Waals surface area contributed by atoms with Crippen LogP contribution in [0.5, 0.6) is 0 Å². The zero-order valence-electron chi connectivity index (χ0n) is 32.6. The molecule has 0 N–H and O–H groups in total. The van der Waals surface area contributed by atoms with Crippen LogP contribution in [0, 0.1) is 11.8 Å². The lowest BCUT2D eigenvalue weighted by atomic mass is 10.0. The van der Waals surface area contributed by atoms with Crippen molar-refractivity contribution in [3.8, 4) is 0 Å². The van der Waals surface area contributed by atoms with Crippen LogP contribution >= 0.6 is 0 Å². The third-order valence-electron chi connectivity index (χ3n) is 9.28. The summed E-state index contributed by atoms with van der Waals surface area (Å²) >= 11 is 0. The highest BCUT2D eigenvalue weighted by Gasteiger charge is 2.27. The van der Waals surface area contributed by atoms with Crippen LogP contribution in [0.1, 0.15) is 221 Å². The molecule has 0 saturated heterocycles. The summed E-state index contributed by atoms with van der Waals surface area (Å²) in [5, 5.41) is 0. The van der Waals surface area contributed by atoms with Crippen LogP contribution in [0.25, 0.3) is 0 Å². The fraction of sp³-hybridized carbons (Fsp3) is 0.929. The number of unbranched alkanes of at least 4 members (excludes halogenated alkanes) is 24. The van der Waals surface area contributed by atoms with E-state index in [2.05, 4.69) is 27.7 Å². The van der Waals surface area contributed by atoms with E-state index in [1.807, 2.05) is 0 Å². The number of ether oxygens (including phenoxy) is 3. The second kappa shape index (κ2) is 35.2. The molecule has 0 radical (unpaired) electrons.